The van der Waals surface area contributed by atoms with E-state index in [1.807, 2.05) is 42.5 Å². The fourth-order valence-electron chi connectivity index (χ4n) is 3.98. The molecule has 0 aliphatic heterocycles. The van der Waals surface area contributed by atoms with Crippen molar-refractivity contribution in [3.8, 4) is 22.6 Å². The molecule has 0 aromatic heterocycles. The second-order valence-electron chi connectivity index (χ2n) is 8.83. The highest BCUT2D eigenvalue weighted by atomic mass is 16.5. The van der Waals surface area contributed by atoms with Gasteiger partial charge in [0, 0.05) is 0 Å². The molecule has 0 fully saturated rings. The van der Waals surface area contributed by atoms with E-state index in [0.717, 1.165) is 29.9 Å². The van der Waals surface area contributed by atoms with Crippen molar-refractivity contribution in [2.75, 3.05) is 6.61 Å². The largest absolute Gasteiger partial charge is 0.494 e. The summed E-state index contributed by atoms with van der Waals surface area (Å²) in [5.41, 5.74) is 2.68. The van der Waals surface area contributed by atoms with Crippen LogP contribution in [0.4, 0.5) is 0 Å². The fourth-order valence-corrected chi connectivity index (χ4v) is 3.98. The maximum atomic E-state index is 12.3. The lowest BCUT2D eigenvalue weighted by Crippen LogP contribution is -2.08. The molecule has 0 spiro atoms. The van der Waals surface area contributed by atoms with Gasteiger partial charge in [0.05, 0.1) is 12.2 Å². The molecule has 3 heteroatoms. The van der Waals surface area contributed by atoms with Crippen LogP contribution >= 0.6 is 0 Å². The summed E-state index contributed by atoms with van der Waals surface area (Å²) < 4.78 is 11.3. The molecular formula is C31H38O3. The van der Waals surface area contributed by atoms with Crippen molar-refractivity contribution < 1.29 is 14.3 Å². The Labute approximate surface area is 205 Å². The quantitative estimate of drug-likeness (QED) is 0.130. The van der Waals surface area contributed by atoms with Crippen molar-refractivity contribution in [1.82, 2.24) is 0 Å². The van der Waals surface area contributed by atoms with Crippen LogP contribution in [0, 0.1) is 0 Å². The number of para-hydroxylation sites is 1. The smallest absolute Gasteiger partial charge is 0.343 e. The highest BCUT2D eigenvalue weighted by Gasteiger charge is 2.09. The average Bonchev–Trinajstić information content (AvgIpc) is 2.88. The number of benzene rings is 3. The van der Waals surface area contributed by atoms with Crippen molar-refractivity contribution in [1.29, 1.82) is 0 Å². The summed E-state index contributed by atoms with van der Waals surface area (Å²) in [7, 11) is 0. The summed E-state index contributed by atoms with van der Waals surface area (Å²) in [4.78, 5) is 12.3. The summed E-state index contributed by atoms with van der Waals surface area (Å²) >= 11 is 0. The van der Waals surface area contributed by atoms with E-state index in [1.54, 1.807) is 24.3 Å². The number of carbonyl (C=O) groups excluding carboxylic acids is 1. The van der Waals surface area contributed by atoms with Gasteiger partial charge in [-0.2, -0.15) is 0 Å². The van der Waals surface area contributed by atoms with Crippen LogP contribution in [0.3, 0.4) is 0 Å². The van der Waals surface area contributed by atoms with E-state index in [9.17, 15) is 4.79 Å². The molecule has 3 aromatic rings. The molecule has 0 amide bonds. The predicted octanol–water partition coefficient (Wildman–Crippen LogP) is 8.87. The fraction of sp³-hybridized carbons (Fsp3) is 0.387. The Morgan fingerprint density at radius 3 is 1.71 bits per heavy atom. The van der Waals surface area contributed by atoms with Crippen molar-refractivity contribution in [3.05, 3.63) is 84.4 Å². The minimum atomic E-state index is -0.353. The summed E-state index contributed by atoms with van der Waals surface area (Å²) in [5.74, 6) is 1.10. The maximum absolute atomic E-state index is 12.3. The van der Waals surface area contributed by atoms with Gasteiger partial charge in [0.1, 0.15) is 11.5 Å². The van der Waals surface area contributed by atoms with E-state index >= 15 is 0 Å². The van der Waals surface area contributed by atoms with Crippen LogP contribution in [-0.4, -0.2) is 12.6 Å². The van der Waals surface area contributed by atoms with E-state index < -0.39 is 0 Å². The SMILES string of the molecule is CCCCCCCCCCCCOc1ccc(-c2ccc(C(=O)Oc3ccccc3)cc2)cc1. The molecule has 3 nitrogen and oxygen atoms in total. The molecule has 34 heavy (non-hydrogen) atoms. The van der Waals surface area contributed by atoms with Crippen molar-refractivity contribution in [2.24, 2.45) is 0 Å². The molecular weight excluding hydrogens is 420 g/mol. The molecule has 0 bridgehead atoms. The normalized spacial score (nSPS) is 10.7. The summed E-state index contributed by atoms with van der Waals surface area (Å²) in [6.45, 7) is 3.04. The van der Waals surface area contributed by atoms with E-state index in [4.69, 9.17) is 9.47 Å². The van der Waals surface area contributed by atoms with E-state index in [0.29, 0.717) is 11.3 Å². The van der Waals surface area contributed by atoms with Crippen LogP contribution < -0.4 is 9.47 Å². The monoisotopic (exact) mass is 458 g/mol. The van der Waals surface area contributed by atoms with E-state index in [-0.39, 0.29) is 5.97 Å². The Morgan fingerprint density at radius 1 is 0.588 bits per heavy atom. The minimum absolute atomic E-state index is 0.353. The summed E-state index contributed by atoms with van der Waals surface area (Å²) in [5, 5.41) is 0. The van der Waals surface area contributed by atoms with Crippen LogP contribution in [0.25, 0.3) is 11.1 Å². The topological polar surface area (TPSA) is 35.5 Å². The van der Waals surface area contributed by atoms with Crippen LogP contribution in [0.5, 0.6) is 11.5 Å². The lowest BCUT2D eigenvalue weighted by Gasteiger charge is -2.08. The second kappa shape index (κ2) is 15.0. The number of rotatable bonds is 15. The van der Waals surface area contributed by atoms with Gasteiger partial charge in [0.2, 0.25) is 0 Å². The molecule has 0 saturated heterocycles. The predicted molar refractivity (Wildman–Crippen MR) is 141 cm³/mol. The third-order valence-corrected chi connectivity index (χ3v) is 6.03. The molecule has 0 heterocycles. The number of esters is 1. The first-order chi connectivity index (χ1) is 16.8. The van der Waals surface area contributed by atoms with Gasteiger partial charge in [-0.3, -0.25) is 0 Å². The number of ether oxygens (including phenoxy) is 2. The van der Waals surface area contributed by atoms with Gasteiger partial charge < -0.3 is 9.47 Å². The summed E-state index contributed by atoms with van der Waals surface area (Å²) in [6.07, 6.45) is 13.3. The number of hydrogen-bond donors (Lipinski definition) is 0. The zero-order chi connectivity index (χ0) is 23.8. The lowest BCUT2D eigenvalue weighted by atomic mass is 10.0. The molecule has 180 valence electrons. The van der Waals surface area contributed by atoms with Gasteiger partial charge >= 0.3 is 5.97 Å². The molecule has 0 N–H and O–H groups in total. The van der Waals surface area contributed by atoms with Gasteiger partial charge in [0.25, 0.3) is 0 Å². The third-order valence-electron chi connectivity index (χ3n) is 6.03. The van der Waals surface area contributed by atoms with Crippen molar-refractivity contribution in [3.63, 3.8) is 0 Å². The van der Waals surface area contributed by atoms with Crippen molar-refractivity contribution >= 4 is 5.97 Å². The molecule has 3 aromatic carbocycles. The Balaban J connectivity index is 1.34. The Hall–Kier alpha value is -3.07. The minimum Gasteiger partial charge on any atom is -0.494 e. The molecule has 0 atom stereocenters. The first kappa shape index (κ1) is 25.6. The number of hydrogen-bond acceptors (Lipinski definition) is 3. The maximum Gasteiger partial charge on any atom is 0.343 e. The molecule has 0 saturated carbocycles. The highest BCUT2D eigenvalue weighted by molar-refractivity contribution is 5.91. The lowest BCUT2D eigenvalue weighted by molar-refractivity contribution is 0.0735. The zero-order valence-corrected chi connectivity index (χ0v) is 20.5. The van der Waals surface area contributed by atoms with E-state index in [2.05, 4.69) is 19.1 Å². The van der Waals surface area contributed by atoms with Crippen molar-refractivity contribution in [2.45, 2.75) is 71.1 Å². The summed E-state index contributed by atoms with van der Waals surface area (Å²) in [6, 6.07) is 24.8. The molecule has 0 radical (unpaired) electrons. The Bertz CT molecular complexity index is 946. The molecule has 0 unspecified atom stereocenters. The second-order valence-corrected chi connectivity index (χ2v) is 8.83. The van der Waals surface area contributed by atoms with Gasteiger partial charge in [-0.15, -0.1) is 0 Å². The molecule has 0 aliphatic carbocycles. The van der Waals surface area contributed by atoms with Gasteiger partial charge in [0.15, 0.2) is 0 Å². The van der Waals surface area contributed by atoms with Crippen LogP contribution in [0.1, 0.15) is 81.5 Å². The standard InChI is InChI=1S/C31H38O3/c1-2-3-4-5-6-7-8-9-10-14-25-33-29-23-21-27(22-24-29)26-17-19-28(20-18-26)31(32)34-30-15-12-11-13-16-30/h11-13,15-24H,2-10,14,25H2,1H3. The third kappa shape index (κ3) is 9.05. The first-order valence-corrected chi connectivity index (χ1v) is 12.9. The number of carbonyl (C=O) groups is 1. The molecule has 3 rings (SSSR count). The van der Waals surface area contributed by atoms with Crippen LogP contribution in [0.2, 0.25) is 0 Å². The van der Waals surface area contributed by atoms with Gasteiger partial charge in [-0.25, -0.2) is 4.79 Å². The van der Waals surface area contributed by atoms with Gasteiger partial charge in [-0.05, 0) is 53.9 Å². The van der Waals surface area contributed by atoms with Crippen LogP contribution in [-0.2, 0) is 0 Å². The number of unbranched alkanes of at least 4 members (excludes halogenated alkanes) is 9. The molecule has 0 aliphatic rings. The first-order valence-electron chi connectivity index (χ1n) is 12.9. The Morgan fingerprint density at radius 2 is 1.12 bits per heavy atom. The van der Waals surface area contributed by atoms with Gasteiger partial charge in [-0.1, -0.05) is 107 Å². The average molecular weight is 459 g/mol. The van der Waals surface area contributed by atoms with Crippen LogP contribution in [0.15, 0.2) is 78.9 Å². The zero-order valence-electron chi connectivity index (χ0n) is 20.5. The Kier molecular flexibility index (Phi) is 11.2. The highest BCUT2D eigenvalue weighted by Crippen LogP contribution is 2.23. The van der Waals surface area contributed by atoms with E-state index in [1.165, 1.54) is 57.8 Å².